The monoisotopic (exact) mass is 229 g/mol. The lowest BCUT2D eigenvalue weighted by Gasteiger charge is -2.07. The lowest BCUT2D eigenvalue weighted by molar-refractivity contribution is 0.0693. The van der Waals surface area contributed by atoms with Crippen molar-refractivity contribution in [3.63, 3.8) is 0 Å². The smallest absolute Gasteiger partial charge is 0.339 e. The maximum Gasteiger partial charge on any atom is 0.339 e. The molecule has 4 nitrogen and oxygen atoms in total. The zero-order chi connectivity index (χ0) is 12.3. The SMILES string of the molecule is COc1ccc(-c2cccnc2)cc1C(=O)O. The van der Waals surface area contributed by atoms with Gasteiger partial charge in [-0.15, -0.1) is 0 Å². The van der Waals surface area contributed by atoms with Crippen LogP contribution in [-0.4, -0.2) is 23.2 Å². The minimum Gasteiger partial charge on any atom is -0.496 e. The first-order chi connectivity index (χ1) is 8.22. The van der Waals surface area contributed by atoms with Crippen LogP contribution in [-0.2, 0) is 0 Å². The Balaban J connectivity index is 2.51. The zero-order valence-corrected chi connectivity index (χ0v) is 9.25. The van der Waals surface area contributed by atoms with Crippen molar-refractivity contribution in [2.24, 2.45) is 0 Å². The molecule has 0 aliphatic carbocycles. The molecule has 1 N–H and O–H groups in total. The van der Waals surface area contributed by atoms with E-state index >= 15 is 0 Å². The van der Waals surface area contributed by atoms with Crippen molar-refractivity contribution in [2.45, 2.75) is 0 Å². The Bertz CT molecular complexity index is 538. The first kappa shape index (κ1) is 11.1. The van der Waals surface area contributed by atoms with Gasteiger partial charge in [0.2, 0.25) is 0 Å². The molecule has 1 aromatic carbocycles. The van der Waals surface area contributed by atoms with Crippen molar-refractivity contribution < 1.29 is 14.6 Å². The van der Waals surface area contributed by atoms with Gasteiger partial charge in [0, 0.05) is 18.0 Å². The molecule has 0 aliphatic rings. The maximum atomic E-state index is 11.1. The van der Waals surface area contributed by atoms with Crippen molar-refractivity contribution in [1.82, 2.24) is 4.98 Å². The summed E-state index contributed by atoms with van der Waals surface area (Å²) in [4.78, 5) is 15.1. The molecule has 0 aliphatic heterocycles. The van der Waals surface area contributed by atoms with Crippen LogP contribution in [0.5, 0.6) is 5.75 Å². The summed E-state index contributed by atoms with van der Waals surface area (Å²) < 4.78 is 5.00. The Morgan fingerprint density at radius 2 is 2.12 bits per heavy atom. The second-order valence-corrected chi connectivity index (χ2v) is 3.46. The third-order valence-corrected chi connectivity index (χ3v) is 2.42. The average Bonchev–Trinajstić information content (AvgIpc) is 2.39. The summed E-state index contributed by atoms with van der Waals surface area (Å²) in [6.07, 6.45) is 3.36. The van der Waals surface area contributed by atoms with Gasteiger partial charge in [-0.2, -0.15) is 0 Å². The lowest BCUT2D eigenvalue weighted by atomic mass is 10.0. The van der Waals surface area contributed by atoms with Gasteiger partial charge in [-0.1, -0.05) is 12.1 Å². The second kappa shape index (κ2) is 4.65. The third kappa shape index (κ3) is 2.25. The van der Waals surface area contributed by atoms with Crippen molar-refractivity contribution in [3.05, 3.63) is 48.3 Å². The predicted octanol–water partition coefficient (Wildman–Crippen LogP) is 2.46. The van der Waals surface area contributed by atoms with Crippen LogP contribution in [0.3, 0.4) is 0 Å². The Morgan fingerprint density at radius 3 is 2.71 bits per heavy atom. The minimum absolute atomic E-state index is 0.147. The first-order valence-electron chi connectivity index (χ1n) is 5.04. The summed E-state index contributed by atoms with van der Waals surface area (Å²) in [6.45, 7) is 0. The Kier molecular flexibility index (Phi) is 3.05. The predicted molar refractivity (Wildman–Crippen MR) is 63.2 cm³/mol. The van der Waals surface area contributed by atoms with Gasteiger partial charge in [-0.25, -0.2) is 4.79 Å². The van der Waals surface area contributed by atoms with Crippen LogP contribution in [0.2, 0.25) is 0 Å². The van der Waals surface area contributed by atoms with Gasteiger partial charge in [0.15, 0.2) is 0 Å². The number of methoxy groups -OCH3 is 1. The summed E-state index contributed by atoms with van der Waals surface area (Å²) >= 11 is 0. The number of aromatic carboxylic acids is 1. The zero-order valence-electron chi connectivity index (χ0n) is 9.25. The van der Waals surface area contributed by atoms with Gasteiger partial charge in [0.05, 0.1) is 7.11 Å². The van der Waals surface area contributed by atoms with E-state index in [1.807, 2.05) is 12.1 Å². The number of nitrogens with zero attached hydrogens (tertiary/aromatic N) is 1. The average molecular weight is 229 g/mol. The molecule has 2 rings (SSSR count). The summed E-state index contributed by atoms with van der Waals surface area (Å²) in [5, 5.41) is 9.07. The van der Waals surface area contributed by atoms with Crippen molar-refractivity contribution in [2.75, 3.05) is 7.11 Å². The molecule has 0 fully saturated rings. The largest absolute Gasteiger partial charge is 0.496 e. The van der Waals surface area contributed by atoms with E-state index in [0.717, 1.165) is 11.1 Å². The summed E-state index contributed by atoms with van der Waals surface area (Å²) in [5.41, 5.74) is 1.82. The van der Waals surface area contributed by atoms with Crippen molar-refractivity contribution in [1.29, 1.82) is 0 Å². The van der Waals surface area contributed by atoms with Gasteiger partial charge in [0.1, 0.15) is 11.3 Å². The Morgan fingerprint density at radius 1 is 1.29 bits per heavy atom. The first-order valence-corrected chi connectivity index (χ1v) is 5.04. The Labute approximate surface area is 98.5 Å². The Hall–Kier alpha value is -2.36. The molecule has 86 valence electrons. The van der Waals surface area contributed by atoms with E-state index in [4.69, 9.17) is 9.84 Å². The summed E-state index contributed by atoms with van der Waals surface area (Å²) in [7, 11) is 1.45. The molecule has 0 atom stereocenters. The molecule has 1 aromatic heterocycles. The van der Waals surface area contributed by atoms with Gasteiger partial charge < -0.3 is 9.84 Å². The van der Waals surface area contributed by atoms with Crippen LogP contribution in [0.25, 0.3) is 11.1 Å². The quantitative estimate of drug-likeness (QED) is 0.878. The van der Waals surface area contributed by atoms with E-state index in [9.17, 15) is 4.79 Å². The fraction of sp³-hybridized carbons (Fsp3) is 0.0769. The third-order valence-electron chi connectivity index (χ3n) is 2.42. The molecule has 0 saturated heterocycles. The molecule has 0 radical (unpaired) electrons. The number of pyridine rings is 1. The van der Waals surface area contributed by atoms with Gasteiger partial charge in [-0.05, 0) is 23.8 Å². The van der Waals surface area contributed by atoms with E-state index in [1.165, 1.54) is 7.11 Å². The molecule has 0 bridgehead atoms. The highest BCUT2D eigenvalue weighted by Crippen LogP contribution is 2.26. The second-order valence-electron chi connectivity index (χ2n) is 3.46. The molecule has 2 aromatic rings. The standard InChI is InChI=1S/C13H11NO3/c1-17-12-5-4-9(7-11(12)13(15)16)10-3-2-6-14-8-10/h2-8H,1H3,(H,15,16). The van der Waals surface area contributed by atoms with Crippen LogP contribution in [0.4, 0.5) is 0 Å². The highest BCUT2D eigenvalue weighted by molar-refractivity contribution is 5.92. The van der Waals surface area contributed by atoms with Gasteiger partial charge in [-0.3, -0.25) is 4.98 Å². The van der Waals surface area contributed by atoms with E-state index < -0.39 is 5.97 Å². The number of rotatable bonds is 3. The highest BCUT2D eigenvalue weighted by atomic mass is 16.5. The van der Waals surface area contributed by atoms with Crippen LogP contribution < -0.4 is 4.74 Å². The van der Waals surface area contributed by atoms with Crippen LogP contribution >= 0.6 is 0 Å². The normalized spacial score (nSPS) is 9.94. The molecular weight excluding hydrogens is 218 g/mol. The number of ether oxygens (including phenoxy) is 1. The van der Waals surface area contributed by atoms with Crippen LogP contribution in [0, 0.1) is 0 Å². The minimum atomic E-state index is -1.01. The fourth-order valence-corrected chi connectivity index (χ4v) is 1.59. The number of hydrogen-bond acceptors (Lipinski definition) is 3. The number of carboxylic acid groups (broad SMARTS) is 1. The van der Waals surface area contributed by atoms with Gasteiger partial charge >= 0.3 is 5.97 Å². The summed E-state index contributed by atoms with van der Waals surface area (Å²) in [6, 6.07) is 8.71. The summed E-state index contributed by atoms with van der Waals surface area (Å²) in [5.74, 6) is -0.655. The molecule has 0 amide bonds. The van der Waals surface area contributed by atoms with Crippen molar-refractivity contribution >= 4 is 5.97 Å². The van der Waals surface area contributed by atoms with E-state index in [2.05, 4.69) is 4.98 Å². The lowest BCUT2D eigenvalue weighted by Crippen LogP contribution is -2.00. The molecule has 0 unspecified atom stereocenters. The van der Waals surface area contributed by atoms with Crippen molar-refractivity contribution in [3.8, 4) is 16.9 Å². The van der Waals surface area contributed by atoms with E-state index in [0.29, 0.717) is 5.75 Å². The maximum absolute atomic E-state index is 11.1. The number of carboxylic acids is 1. The van der Waals surface area contributed by atoms with E-state index in [-0.39, 0.29) is 5.56 Å². The van der Waals surface area contributed by atoms with Crippen LogP contribution in [0.15, 0.2) is 42.7 Å². The molecular formula is C13H11NO3. The highest BCUT2D eigenvalue weighted by Gasteiger charge is 2.12. The molecule has 0 spiro atoms. The van der Waals surface area contributed by atoms with E-state index in [1.54, 1.807) is 30.6 Å². The topological polar surface area (TPSA) is 59.4 Å². The molecule has 0 saturated carbocycles. The molecule has 4 heteroatoms. The fourth-order valence-electron chi connectivity index (χ4n) is 1.59. The van der Waals surface area contributed by atoms with Crippen LogP contribution in [0.1, 0.15) is 10.4 Å². The number of carbonyl (C=O) groups is 1. The number of benzene rings is 1. The number of hydrogen-bond donors (Lipinski definition) is 1. The van der Waals surface area contributed by atoms with Gasteiger partial charge in [0.25, 0.3) is 0 Å². The number of aromatic nitrogens is 1. The molecule has 17 heavy (non-hydrogen) atoms. The molecule has 1 heterocycles.